The number of halogens is 1. The van der Waals surface area contributed by atoms with E-state index in [4.69, 9.17) is 10.5 Å². The number of anilines is 1. The molecule has 0 aliphatic heterocycles. The molecule has 6 heteroatoms. The van der Waals surface area contributed by atoms with Crippen LogP contribution < -0.4 is 15.8 Å². The Morgan fingerprint density at radius 2 is 2.00 bits per heavy atom. The number of benzene rings is 2. The number of ether oxygens (including phenoxy) is 1. The Hall–Kier alpha value is -1.80. The molecule has 0 saturated carbocycles. The van der Waals surface area contributed by atoms with Crippen LogP contribution in [0, 0.1) is 0 Å². The van der Waals surface area contributed by atoms with E-state index in [1.165, 1.54) is 24.0 Å². The van der Waals surface area contributed by atoms with Crippen LogP contribution in [-0.2, 0) is 12.8 Å². The number of guanidine groups is 1. The Labute approximate surface area is 171 Å². The molecule has 1 unspecified atom stereocenters. The van der Waals surface area contributed by atoms with Crippen molar-refractivity contribution in [2.45, 2.75) is 31.8 Å². The fourth-order valence-electron chi connectivity index (χ4n) is 3.21. The third kappa shape index (κ3) is 5.11. The normalized spacial score (nSPS) is 14.8. The van der Waals surface area contributed by atoms with E-state index < -0.39 is 6.10 Å². The second kappa shape index (κ2) is 9.78. The van der Waals surface area contributed by atoms with Gasteiger partial charge in [-0.2, -0.15) is 0 Å². The number of aliphatic imine (C=N–C) groups is 1. The Balaban J connectivity index is 0.00000243. The zero-order valence-corrected chi connectivity index (χ0v) is 17.3. The van der Waals surface area contributed by atoms with E-state index in [1.54, 1.807) is 13.2 Å². The Morgan fingerprint density at radius 1 is 1.23 bits per heavy atom. The summed E-state index contributed by atoms with van der Waals surface area (Å²) in [5.74, 6) is 1.03. The van der Waals surface area contributed by atoms with Crippen molar-refractivity contribution >= 4 is 35.6 Å². The van der Waals surface area contributed by atoms with Crippen molar-refractivity contribution in [1.82, 2.24) is 0 Å². The number of nitrogens with two attached hydrogens (primary N) is 1. The van der Waals surface area contributed by atoms with E-state index in [0.717, 1.165) is 24.1 Å². The summed E-state index contributed by atoms with van der Waals surface area (Å²) in [4.78, 5) is 4.29. The van der Waals surface area contributed by atoms with Gasteiger partial charge < -0.3 is 20.9 Å². The number of fused-ring (bicyclic) bond motifs is 1. The summed E-state index contributed by atoms with van der Waals surface area (Å²) in [6, 6.07) is 13.6. The molecule has 0 amide bonds. The molecule has 0 aromatic heterocycles. The van der Waals surface area contributed by atoms with Crippen LogP contribution in [0.3, 0.4) is 0 Å². The van der Waals surface area contributed by atoms with Crippen molar-refractivity contribution in [2.24, 2.45) is 10.7 Å². The third-order valence-electron chi connectivity index (χ3n) is 4.57. The largest absolute Gasteiger partial charge is 0.497 e. The first-order chi connectivity index (χ1) is 12.2. The van der Waals surface area contributed by atoms with Gasteiger partial charge in [0, 0.05) is 5.69 Å². The van der Waals surface area contributed by atoms with Crippen LogP contribution in [0.5, 0.6) is 5.75 Å². The zero-order valence-electron chi connectivity index (χ0n) is 14.9. The van der Waals surface area contributed by atoms with Crippen molar-refractivity contribution in [1.29, 1.82) is 0 Å². The van der Waals surface area contributed by atoms with Gasteiger partial charge in [0.05, 0.1) is 19.8 Å². The molecule has 0 heterocycles. The van der Waals surface area contributed by atoms with Crippen LogP contribution >= 0.6 is 24.0 Å². The van der Waals surface area contributed by atoms with Gasteiger partial charge in [0.2, 0.25) is 0 Å². The molecular formula is C20H26IN3O2. The number of aliphatic hydroxyl groups excluding tert-OH is 1. The van der Waals surface area contributed by atoms with Crippen molar-refractivity contribution in [3.05, 3.63) is 59.2 Å². The van der Waals surface area contributed by atoms with Crippen molar-refractivity contribution < 1.29 is 9.84 Å². The summed E-state index contributed by atoms with van der Waals surface area (Å²) in [6.45, 7) is 0.195. The number of aliphatic hydroxyl groups is 1. The number of rotatable bonds is 5. The van der Waals surface area contributed by atoms with Gasteiger partial charge in [-0.05, 0) is 60.6 Å². The van der Waals surface area contributed by atoms with E-state index in [9.17, 15) is 5.11 Å². The highest BCUT2D eigenvalue weighted by molar-refractivity contribution is 14.0. The van der Waals surface area contributed by atoms with Gasteiger partial charge in [-0.25, -0.2) is 0 Å². The minimum atomic E-state index is -0.722. The first kappa shape index (κ1) is 20.5. The Kier molecular flexibility index (Phi) is 7.71. The number of nitrogens with one attached hydrogen (secondary N) is 1. The van der Waals surface area contributed by atoms with Crippen molar-refractivity contribution in [2.75, 3.05) is 19.0 Å². The van der Waals surface area contributed by atoms with Gasteiger partial charge in [0.1, 0.15) is 5.75 Å². The van der Waals surface area contributed by atoms with E-state index in [0.29, 0.717) is 11.7 Å². The van der Waals surface area contributed by atoms with Gasteiger partial charge in [-0.15, -0.1) is 24.0 Å². The Bertz CT molecular complexity index is 764. The van der Waals surface area contributed by atoms with Gasteiger partial charge in [0.25, 0.3) is 0 Å². The molecule has 26 heavy (non-hydrogen) atoms. The average Bonchev–Trinajstić information content (AvgIpc) is 2.66. The maximum atomic E-state index is 10.3. The summed E-state index contributed by atoms with van der Waals surface area (Å²) in [7, 11) is 1.60. The Morgan fingerprint density at radius 3 is 2.81 bits per heavy atom. The molecule has 0 fully saturated rings. The van der Waals surface area contributed by atoms with Crippen molar-refractivity contribution in [3.63, 3.8) is 0 Å². The minimum Gasteiger partial charge on any atom is -0.497 e. The quantitative estimate of drug-likeness (QED) is 0.357. The first-order valence-electron chi connectivity index (χ1n) is 8.67. The summed E-state index contributed by atoms with van der Waals surface area (Å²) in [5.41, 5.74) is 10.5. The topological polar surface area (TPSA) is 79.9 Å². The van der Waals surface area contributed by atoms with Crippen LogP contribution in [0.4, 0.5) is 5.69 Å². The standard InChI is InChI=1S/C20H25N3O2.HI/c1-25-16-9-4-8-15(12-16)19(24)13-22-20(21)23-18-11-5-7-14-6-2-3-10-17(14)18;/h4-5,7-9,11-12,19,24H,2-3,6,10,13H2,1H3,(H3,21,22,23);1H. The van der Waals surface area contributed by atoms with E-state index in [1.807, 2.05) is 30.3 Å². The SMILES string of the molecule is COc1cccc(C(O)CN=C(N)Nc2cccc3c2CCCC3)c1.I. The maximum absolute atomic E-state index is 10.3. The summed E-state index contributed by atoms with van der Waals surface area (Å²) < 4.78 is 5.18. The highest BCUT2D eigenvalue weighted by Crippen LogP contribution is 2.27. The van der Waals surface area contributed by atoms with Crippen LogP contribution in [0.2, 0.25) is 0 Å². The van der Waals surface area contributed by atoms with Gasteiger partial charge >= 0.3 is 0 Å². The maximum Gasteiger partial charge on any atom is 0.193 e. The molecule has 1 aliphatic rings. The number of hydrogen-bond acceptors (Lipinski definition) is 3. The lowest BCUT2D eigenvalue weighted by Crippen LogP contribution is -2.25. The van der Waals surface area contributed by atoms with Gasteiger partial charge in [-0.1, -0.05) is 24.3 Å². The molecule has 0 spiro atoms. The lowest BCUT2D eigenvalue weighted by Gasteiger charge is -2.20. The molecule has 4 N–H and O–H groups in total. The monoisotopic (exact) mass is 467 g/mol. The predicted octanol–water partition coefficient (Wildman–Crippen LogP) is 3.65. The number of aryl methyl sites for hydroxylation is 1. The number of methoxy groups -OCH3 is 1. The van der Waals surface area contributed by atoms with E-state index >= 15 is 0 Å². The first-order valence-corrected chi connectivity index (χ1v) is 8.67. The molecule has 1 atom stereocenters. The second-order valence-electron chi connectivity index (χ2n) is 6.29. The average molecular weight is 467 g/mol. The smallest absolute Gasteiger partial charge is 0.193 e. The molecule has 1 aliphatic carbocycles. The van der Waals surface area contributed by atoms with E-state index in [2.05, 4.69) is 16.4 Å². The molecule has 0 saturated heterocycles. The second-order valence-corrected chi connectivity index (χ2v) is 6.29. The molecule has 3 rings (SSSR count). The lowest BCUT2D eigenvalue weighted by molar-refractivity contribution is 0.187. The van der Waals surface area contributed by atoms with Gasteiger partial charge in [-0.3, -0.25) is 4.99 Å². The van der Waals surface area contributed by atoms with E-state index in [-0.39, 0.29) is 30.5 Å². The highest BCUT2D eigenvalue weighted by Gasteiger charge is 2.13. The van der Waals surface area contributed by atoms with Crippen LogP contribution in [0.1, 0.15) is 35.6 Å². The number of hydrogen-bond donors (Lipinski definition) is 3. The molecule has 5 nitrogen and oxygen atoms in total. The summed E-state index contributed by atoms with van der Waals surface area (Å²) in [6.07, 6.45) is 3.92. The lowest BCUT2D eigenvalue weighted by atomic mass is 9.90. The highest BCUT2D eigenvalue weighted by atomic mass is 127. The van der Waals surface area contributed by atoms with Gasteiger partial charge in [0.15, 0.2) is 5.96 Å². The molecular weight excluding hydrogens is 441 g/mol. The minimum absolute atomic E-state index is 0. The third-order valence-corrected chi connectivity index (χ3v) is 4.57. The molecule has 2 aromatic carbocycles. The summed E-state index contributed by atoms with van der Waals surface area (Å²) >= 11 is 0. The molecule has 140 valence electrons. The van der Waals surface area contributed by atoms with Crippen LogP contribution in [0.15, 0.2) is 47.5 Å². The fraction of sp³-hybridized carbons (Fsp3) is 0.350. The molecule has 0 bridgehead atoms. The predicted molar refractivity (Wildman–Crippen MR) is 117 cm³/mol. The van der Waals surface area contributed by atoms with Crippen LogP contribution in [-0.4, -0.2) is 24.7 Å². The summed E-state index contributed by atoms with van der Waals surface area (Å²) in [5, 5.41) is 13.5. The zero-order chi connectivity index (χ0) is 17.6. The fourth-order valence-corrected chi connectivity index (χ4v) is 3.21. The molecule has 0 radical (unpaired) electrons. The van der Waals surface area contributed by atoms with Crippen molar-refractivity contribution in [3.8, 4) is 5.75 Å². The molecule has 2 aromatic rings. The van der Waals surface area contributed by atoms with Crippen LogP contribution in [0.25, 0.3) is 0 Å². The number of nitrogens with zero attached hydrogens (tertiary/aromatic N) is 1.